The van der Waals surface area contributed by atoms with Crippen LogP contribution in [0.2, 0.25) is 0 Å². The van der Waals surface area contributed by atoms with E-state index in [1.165, 1.54) is 9.99 Å². The van der Waals surface area contributed by atoms with Crippen molar-refractivity contribution in [3.8, 4) is 0 Å². The zero-order chi connectivity index (χ0) is 21.0. The molecule has 0 saturated carbocycles. The average Bonchev–Trinajstić information content (AvgIpc) is 2.81. The van der Waals surface area contributed by atoms with Crippen LogP contribution in [0, 0.1) is 5.92 Å². The van der Waals surface area contributed by atoms with Crippen molar-refractivity contribution in [1.82, 2.24) is 4.31 Å². The molecule has 7 nitrogen and oxygen atoms in total. The first-order chi connectivity index (χ1) is 14.5. The van der Waals surface area contributed by atoms with Gasteiger partial charge in [-0.3, -0.25) is 4.79 Å². The topological polar surface area (TPSA) is 79.0 Å². The number of para-hydroxylation sites is 1. The first-order valence-corrected chi connectivity index (χ1v) is 11.8. The van der Waals surface area contributed by atoms with Gasteiger partial charge in [0.15, 0.2) is 0 Å². The molecular weight excluding hydrogens is 402 g/mol. The first kappa shape index (κ1) is 20.8. The Morgan fingerprint density at radius 1 is 0.900 bits per heavy atom. The summed E-state index contributed by atoms with van der Waals surface area (Å²) in [6.07, 6.45) is 1.59. The number of carbonyl (C=O) groups is 1. The molecule has 0 spiro atoms. The fraction of sp³-hybridized carbons (Fsp3) is 0.409. The van der Waals surface area contributed by atoms with E-state index in [0.717, 1.165) is 25.9 Å². The molecule has 160 valence electrons. The standard InChI is InChI=1S/C22H27N3O4S/c26-22(18-10-12-24(13-11-18)20-4-2-1-3-5-20)23-19-6-8-21(9-7-19)30(27,28)25-14-16-29-17-15-25/h1-9,18H,10-17H2,(H,23,26). The summed E-state index contributed by atoms with van der Waals surface area (Å²) >= 11 is 0. The highest BCUT2D eigenvalue weighted by Gasteiger charge is 2.27. The van der Waals surface area contributed by atoms with Crippen LogP contribution in [-0.4, -0.2) is 58.0 Å². The number of benzene rings is 2. The van der Waals surface area contributed by atoms with Crippen LogP contribution < -0.4 is 10.2 Å². The van der Waals surface area contributed by atoms with Crippen LogP contribution in [-0.2, 0) is 19.6 Å². The number of amides is 1. The van der Waals surface area contributed by atoms with Gasteiger partial charge in [0.2, 0.25) is 15.9 Å². The van der Waals surface area contributed by atoms with Gasteiger partial charge in [-0.15, -0.1) is 0 Å². The van der Waals surface area contributed by atoms with Crippen LogP contribution in [0.3, 0.4) is 0 Å². The van der Waals surface area contributed by atoms with E-state index in [0.29, 0.717) is 32.0 Å². The number of sulfonamides is 1. The molecule has 2 aromatic carbocycles. The largest absolute Gasteiger partial charge is 0.379 e. The maximum absolute atomic E-state index is 12.7. The second-order valence-electron chi connectivity index (χ2n) is 7.63. The molecule has 30 heavy (non-hydrogen) atoms. The Hall–Kier alpha value is -2.42. The smallest absolute Gasteiger partial charge is 0.243 e. The third-order valence-corrected chi connectivity index (χ3v) is 7.63. The molecule has 2 heterocycles. The van der Waals surface area contributed by atoms with Crippen molar-refractivity contribution in [3.63, 3.8) is 0 Å². The number of nitrogens with zero attached hydrogens (tertiary/aromatic N) is 2. The highest BCUT2D eigenvalue weighted by molar-refractivity contribution is 7.89. The van der Waals surface area contributed by atoms with Crippen LogP contribution in [0.5, 0.6) is 0 Å². The zero-order valence-electron chi connectivity index (χ0n) is 16.9. The van der Waals surface area contributed by atoms with E-state index < -0.39 is 10.0 Å². The van der Waals surface area contributed by atoms with Gasteiger partial charge >= 0.3 is 0 Å². The summed E-state index contributed by atoms with van der Waals surface area (Å²) < 4.78 is 32.0. The van der Waals surface area contributed by atoms with Gasteiger partial charge in [-0.1, -0.05) is 18.2 Å². The third kappa shape index (κ3) is 4.66. The fourth-order valence-corrected chi connectivity index (χ4v) is 5.34. The van der Waals surface area contributed by atoms with Gasteiger partial charge in [0.1, 0.15) is 0 Å². The van der Waals surface area contributed by atoms with E-state index in [2.05, 4.69) is 22.3 Å². The van der Waals surface area contributed by atoms with Crippen molar-refractivity contribution in [2.75, 3.05) is 49.6 Å². The van der Waals surface area contributed by atoms with Gasteiger partial charge in [0.25, 0.3) is 0 Å². The summed E-state index contributed by atoms with van der Waals surface area (Å²) in [7, 11) is -3.53. The lowest BCUT2D eigenvalue weighted by Gasteiger charge is -2.33. The molecule has 8 heteroatoms. The molecule has 1 amide bonds. The van der Waals surface area contributed by atoms with Gasteiger partial charge < -0.3 is 15.0 Å². The molecule has 1 N–H and O–H groups in total. The number of rotatable bonds is 5. The van der Waals surface area contributed by atoms with Gasteiger partial charge in [-0.2, -0.15) is 4.31 Å². The third-order valence-electron chi connectivity index (χ3n) is 5.72. The van der Waals surface area contributed by atoms with Crippen LogP contribution in [0.4, 0.5) is 11.4 Å². The lowest BCUT2D eigenvalue weighted by molar-refractivity contribution is -0.120. The van der Waals surface area contributed by atoms with Crippen molar-refractivity contribution >= 4 is 27.3 Å². The quantitative estimate of drug-likeness (QED) is 0.790. The molecule has 0 aromatic heterocycles. The minimum absolute atomic E-state index is 0.00787. The van der Waals surface area contributed by atoms with E-state index in [1.807, 2.05) is 18.2 Å². The Labute approximate surface area is 177 Å². The van der Waals surface area contributed by atoms with E-state index >= 15 is 0 Å². The summed E-state index contributed by atoms with van der Waals surface area (Å²) in [5, 5.41) is 2.94. The Balaban J connectivity index is 1.33. The predicted octanol–water partition coefficient (Wildman–Crippen LogP) is 2.56. The second kappa shape index (κ2) is 9.16. The number of hydrogen-bond donors (Lipinski definition) is 1. The number of ether oxygens (including phenoxy) is 1. The Morgan fingerprint density at radius 3 is 2.17 bits per heavy atom. The number of anilines is 2. The molecule has 0 aliphatic carbocycles. The molecular formula is C22H27N3O4S. The molecule has 0 radical (unpaired) electrons. The van der Waals surface area contributed by atoms with Crippen molar-refractivity contribution in [3.05, 3.63) is 54.6 Å². The normalized spacial score (nSPS) is 18.9. The summed E-state index contributed by atoms with van der Waals surface area (Å²) in [6, 6.07) is 16.7. The van der Waals surface area contributed by atoms with Crippen molar-refractivity contribution in [2.24, 2.45) is 5.92 Å². The SMILES string of the molecule is O=C(Nc1ccc(S(=O)(=O)N2CCOCC2)cc1)C1CCN(c2ccccc2)CC1. The molecule has 2 aliphatic rings. The Morgan fingerprint density at radius 2 is 1.53 bits per heavy atom. The summed E-state index contributed by atoms with van der Waals surface area (Å²) in [5.41, 5.74) is 1.81. The van der Waals surface area contributed by atoms with Crippen LogP contribution in [0.15, 0.2) is 59.5 Å². The number of nitrogens with one attached hydrogen (secondary N) is 1. The van der Waals surface area contributed by atoms with Gasteiger partial charge in [0, 0.05) is 43.5 Å². The minimum atomic E-state index is -3.53. The summed E-state index contributed by atoms with van der Waals surface area (Å²) in [6.45, 7) is 3.25. The van der Waals surface area contributed by atoms with E-state index in [-0.39, 0.29) is 16.7 Å². The van der Waals surface area contributed by atoms with Crippen molar-refractivity contribution in [1.29, 1.82) is 0 Å². The van der Waals surface area contributed by atoms with E-state index in [9.17, 15) is 13.2 Å². The Bertz CT molecular complexity index is 950. The molecule has 0 atom stereocenters. The number of hydrogen-bond acceptors (Lipinski definition) is 5. The maximum Gasteiger partial charge on any atom is 0.243 e. The monoisotopic (exact) mass is 429 g/mol. The number of carbonyl (C=O) groups excluding carboxylic acids is 1. The lowest BCUT2D eigenvalue weighted by atomic mass is 9.95. The maximum atomic E-state index is 12.7. The highest BCUT2D eigenvalue weighted by Crippen LogP contribution is 2.25. The van der Waals surface area contributed by atoms with Gasteiger partial charge in [-0.25, -0.2) is 8.42 Å². The van der Waals surface area contributed by atoms with Crippen LogP contribution in [0.25, 0.3) is 0 Å². The number of morpholine rings is 1. The molecule has 2 aliphatic heterocycles. The number of piperidine rings is 1. The van der Waals surface area contributed by atoms with E-state index in [1.54, 1.807) is 24.3 Å². The molecule has 0 bridgehead atoms. The van der Waals surface area contributed by atoms with Crippen LogP contribution in [0.1, 0.15) is 12.8 Å². The van der Waals surface area contributed by atoms with Crippen molar-refractivity contribution < 1.29 is 17.9 Å². The molecule has 0 unspecified atom stereocenters. The predicted molar refractivity (Wildman–Crippen MR) is 116 cm³/mol. The van der Waals surface area contributed by atoms with Gasteiger partial charge in [0.05, 0.1) is 18.1 Å². The van der Waals surface area contributed by atoms with Gasteiger partial charge in [-0.05, 0) is 49.2 Å². The first-order valence-electron chi connectivity index (χ1n) is 10.3. The van der Waals surface area contributed by atoms with Crippen LogP contribution >= 0.6 is 0 Å². The molecule has 2 saturated heterocycles. The summed E-state index contributed by atoms with van der Waals surface area (Å²) in [4.78, 5) is 15.2. The zero-order valence-corrected chi connectivity index (χ0v) is 17.7. The highest BCUT2D eigenvalue weighted by atomic mass is 32.2. The molecule has 2 fully saturated rings. The van der Waals surface area contributed by atoms with E-state index in [4.69, 9.17) is 4.74 Å². The van der Waals surface area contributed by atoms with Crippen molar-refractivity contribution in [2.45, 2.75) is 17.7 Å². The minimum Gasteiger partial charge on any atom is -0.379 e. The Kier molecular flexibility index (Phi) is 6.36. The lowest BCUT2D eigenvalue weighted by Crippen LogP contribution is -2.40. The molecule has 2 aromatic rings. The second-order valence-corrected chi connectivity index (χ2v) is 9.56. The fourth-order valence-electron chi connectivity index (χ4n) is 3.93. The molecule has 4 rings (SSSR count). The summed E-state index contributed by atoms with van der Waals surface area (Å²) in [5.74, 6) is -0.0479. The average molecular weight is 430 g/mol.